The van der Waals surface area contributed by atoms with Crippen LogP contribution in [-0.2, 0) is 0 Å². The number of likely N-dealkylation sites (tertiary alicyclic amines) is 1. The van der Waals surface area contributed by atoms with Gasteiger partial charge in [0.2, 0.25) is 5.88 Å². The van der Waals surface area contributed by atoms with Gasteiger partial charge in [-0.3, -0.25) is 4.79 Å². The van der Waals surface area contributed by atoms with Gasteiger partial charge in [-0.25, -0.2) is 4.98 Å². The van der Waals surface area contributed by atoms with Gasteiger partial charge in [0, 0.05) is 26.3 Å². The van der Waals surface area contributed by atoms with Crippen molar-refractivity contribution >= 4 is 5.91 Å². The summed E-state index contributed by atoms with van der Waals surface area (Å²) in [6.07, 6.45) is 5.39. The molecule has 33 heavy (non-hydrogen) atoms. The average Bonchev–Trinajstić information content (AvgIpc) is 3.19. The zero-order chi connectivity index (χ0) is 23.5. The number of aromatic nitrogens is 3. The molecule has 0 aliphatic carbocycles. The van der Waals surface area contributed by atoms with E-state index >= 15 is 0 Å². The molecule has 8 heteroatoms. The maximum Gasteiger partial charge on any atom is 0.255 e. The van der Waals surface area contributed by atoms with Crippen LogP contribution in [0.15, 0.2) is 42.7 Å². The van der Waals surface area contributed by atoms with Crippen molar-refractivity contribution in [3.63, 3.8) is 0 Å². The molecular weight excluding hydrogens is 416 g/mol. The SMILES string of the molecule is Cc1cc(C#N)ccc1-c1cnn(-c2ccc(C(=O)N(C)CC3CCCN(C)C3)cn2)c1O. The first-order valence-corrected chi connectivity index (χ1v) is 11.1. The summed E-state index contributed by atoms with van der Waals surface area (Å²) in [6.45, 7) is 4.73. The molecule has 1 N–H and O–H groups in total. The number of nitrogens with zero attached hydrogens (tertiary/aromatic N) is 6. The number of piperidine rings is 1. The highest BCUT2D eigenvalue weighted by Crippen LogP contribution is 2.33. The summed E-state index contributed by atoms with van der Waals surface area (Å²) in [5.74, 6) is 0.780. The van der Waals surface area contributed by atoms with Crippen LogP contribution in [-0.4, -0.2) is 69.3 Å². The maximum atomic E-state index is 12.9. The van der Waals surface area contributed by atoms with Gasteiger partial charge in [-0.15, -0.1) is 0 Å². The third kappa shape index (κ3) is 4.73. The van der Waals surface area contributed by atoms with Crippen LogP contribution in [0.25, 0.3) is 16.9 Å². The Hall–Kier alpha value is -3.70. The van der Waals surface area contributed by atoms with Gasteiger partial charge in [-0.2, -0.15) is 15.0 Å². The Morgan fingerprint density at radius 3 is 2.76 bits per heavy atom. The van der Waals surface area contributed by atoms with Crippen molar-refractivity contribution in [3.8, 4) is 28.9 Å². The maximum absolute atomic E-state index is 12.9. The number of carbonyl (C=O) groups is 1. The zero-order valence-electron chi connectivity index (χ0n) is 19.2. The first kappa shape index (κ1) is 22.5. The number of pyridine rings is 1. The Kier molecular flexibility index (Phi) is 6.43. The summed E-state index contributed by atoms with van der Waals surface area (Å²) in [6, 6.07) is 10.8. The summed E-state index contributed by atoms with van der Waals surface area (Å²) in [7, 11) is 3.95. The first-order chi connectivity index (χ1) is 15.9. The van der Waals surface area contributed by atoms with Gasteiger partial charge in [0.05, 0.1) is 29.0 Å². The normalized spacial score (nSPS) is 16.4. The van der Waals surface area contributed by atoms with E-state index in [4.69, 9.17) is 5.26 Å². The minimum absolute atomic E-state index is 0.0482. The smallest absolute Gasteiger partial charge is 0.255 e. The average molecular weight is 445 g/mol. The lowest BCUT2D eigenvalue weighted by Crippen LogP contribution is -2.40. The second kappa shape index (κ2) is 9.43. The van der Waals surface area contributed by atoms with Gasteiger partial charge in [-0.05, 0) is 74.7 Å². The van der Waals surface area contributed by atoms with Crippen molar-refractivity contribution in [1.82, 2.24) is 24.6 Å². The summed E-state index contributed by atoms with van der Waals surface area (Å²) < 4.78 is 1.34. The van der Waals surface area contributed by atoms with E-state index in [0.29, 0.717) is 28.4 Å². The predicted molar refractivity (Wildman–Crippen MR) is 125 cm³/mol. The number of benzene rings is 1. The van der Waals surface area contributed by atoms with E-state index in [0.717, 1.165) is 43.6 Å². The highest BCUT2D eigenvalue weighted by Gasteiger charge is 2.22. The highest BCUT2D eigenvalue weighted by atomic mass is 16.3. The molecular formula is C25H28N6O2. The van der Waals surface area contributed by atoms with Crippen molar-refractivity contribution in [2.75, 3.05) is 33.7 Å². The molecule has 1 atom stereocenters. The van der Waals surface area contributed by atoms with Crippen LogP contribution in [0.5, 0.6) is 5.88 Å². The van der Waals surface area contributed by atoms with Crippen LogP contribution < -0.4 is 0 Å². The molecule has 0 spiro atoms. The number of rotatable bonds is 5. The van der Waals surface area contributed by atoms with E-state index < -0.39 is 0 Å². The molecule has 1 saturated heterocycles. The van der Waals surface area contributed by atoms with Gasteiger partial charge in [0.1, 0.15) is 0 Å². The molecule has 3 aromatic rings. The van der Waals surface area contributed by atoms with Crippen LogP contribution in [0.3, 0.4) is 0 Å². The van der Waals surface area contributed by atoms with E-state index in [1.165, 1.54) is 10.9 Å². The fraction of sp³-hybridized carbons (Fsp3) is 0.360. The summed E-state index contributed by atoms with van der Waals surface area (Å²) >= 11 is 0. The standard InChI is InChI=1S/C25H28N6O2/c1-17-11-18(12-26)6-8-21(17)22-14-28-31(25(22)33)23-9-7-20(13-27-23)24(32)30(3)16-19-5-4-10-29(2)15-19/h6-9,11,13-14,19,33H,4-5,10,15-16H2,1-3H3. The van der Waals surface area contributed by atoms with Gasteiger partial charge < -0.3 is 14.9 Å². The Labute approximate surface area is 193 Å². The van der Waals surface area contributed by atoms with Crippen molar-refractivity contribution < 1.29 is 9.90 Å². The summed E-state index contributed by atoms with van der Waals surface area (Å²) in [5, 5.41) is 24.1. The zero-order valence-corrected chi connectivity index (χ0v) is 19.2. The van der Waals surface area contributed by atoms with Gasteiger partial charge >= 0.3 is 0 Å². The third-order valence-electron chi connectivity index (χ3n) is 6.20. The topological polar surface area (TPSA) is 98.3 Å². The van der Waals surface area contributed by atoms with Gasteiger partial charge in [-0.1, -0.05) is 6.07 Å². The number of amides is 1. The minimum atomic E-state index is -0.0686. The summed E-state index contributed by atoms with van der Waals surface area (Å²) in [5.41, 5.74) is 3.27. The van der Waals surface area contributed by atoms with E-state index in [1.807, 2.05) is 14.0 Å². The molecule has 0 saturated carbocycles. The second-order valence-electron chi connectivity index (χ2n) is 8.80. The monoisotopic (exact) mass is 444 g/mol. The Bertz CT molecular complexity index is 1190. The first-order valence-electron chi connectivity index (χ1n) is 11.1. The molecule has 3 heterocycles. The van der Waals surface area contributed by atoms with E-state index in [-0.39, 0.29) is 11.8 Å². The van der Waals surface area contributed by atoms with Crippen LogP contribution in [0, 0.1) is 24.2 Å². The van der Waals surface area contributed by atoms with Gasteiger partial charge in [0.15, 0.2) is 5.82 Å². The van der Waals surface area contributed by atoms with E-state index in [9.17, 15) is 9.90 Å². The fourth-order valence-electron chi connectivity index (χ4n) is 4.49. The fourth-order valence-corrected chi connectivity index (χ4v) is 4.49. The molecule has 1 unspecified atom stereocenters. The molecule has 0 radical (unpaired) electrons. The quantitative estimate of drug-likeness (QED) is 0.649. The lowest BCUT2D eigenvalue weighted by Gasteiger charge is -2.32. The molecule has 0 bridgehead atoms. The van der Waals surface area contributed by atoms with Crippen molar-refractivity contribution in [3.05, 3.63) is 59.4 Å². The molecule has 1 aromatic carbocycles. The lowest BCUT2D eigenvalue weighted by molar-refractivity contribution is 0.0740. The van der Waals surface area contributed by atoms with Crippen molar-refractivity contribution in [2.45, 2.75) is 19.8 Å². The molecule has 1 aliphatic heterocycles. The molecule has 8 nitrogen and oxygen atoms in total. The van der Waals surface area contributed by atoms with E-state index in [2.05, 4.69) is 28.1 Å². The molecule has 2 aromatic heterocycles. The number of carbonyl (C=O) groups excluding carboxylic acids is 1. The second-order valence-corrected chi connectivity index (χ2v) is 8.80. The van der Waals surface area contributed by atoms with Crippen molar-refractivity contribution in [1.29, 1.82) is 5.26 Å². The number of hydrogen-bond donors (Lipinski definition) is 1. The summed E-state index contributed by atoms with van der Waals surface area (Å²) in [4.78, 5) is 21.3. The minimum Gasteiger partial charge on any atom is -0.493 e. The van der Waals surface area contributed by atoms with Crippen LogP contribution in [0.4, 0.5) is 0 Å². The molecule has 1 fully saturated rings. The molecule has 170 valence electrons. The van der Waals surface area contributed by atoms with E-state index in [1.54, 1.807) is 41.4 Å². The Morgan fingerprint density at radius 1 is 1.27 bits per heavy atom. The Balaban J connectivity index is 1.49. The third-order valence-corrected chi connectivity index (χ3v) is 6.20. The number of nitriles is 1. The van der Waals surface area contributed by atoms with Crippen LogP contribution in [0.1, 0.15) is 34.3 Å². The highest BCUT2D eigenvalue weighted by molar-refractivity contribution is 5.93. The van der Waals surface area contributed by atoms with Crippen LogP contribution in [0.2, 0.25) is 0 Å². The number of aromatic hydroxyl groups is 1. The largest absolute Gasteiger partial charge is 0.493 e. The van der Waals surface area contributed by atoms with Gasteiger partial charge in [0.25, 0.3) is 5.91 Å². The predicted octanol–water partition coefficient (Wildman–Crippen LogP) is 3.23. The van der Waals surface area contributed by atoms with Crippen molar-refractivity contribution in [2.24, 2.45) is 5.92 Å². The van der Waals surface area contributed by atoms with Crippen LogP contribution >= 0.6 is 0 Å². The number of hydrogen-bond acceptors (Lipinski definition) is 6. The Morgan fingerprint density at radius 2 is 2.09 bits per heavy atom. The molecule has 4 rings (SSSR count). The lowest BCUT2D eigenvalue weighted by atomic mass is 9.98. The molecule has 1 amide bonds. The molecule has 1 aliphatic rings. The number of aryl methyl sites for hydroxylation is 1.